The molecular weight excluding hydrogens is 368 g/mol. The van der Waals surface area contributed by atoms with Gasteiger partial charge in [0, 0.05) is 43.5 Å². The fourth-order valence-electron chi connectivity index (χ4n) is 4.67. The van der Waals surface area contributed by atoms with Gasteiger partial charge in [0.05, 0.1) is 0 Å². The number of piperazine rings is 1. The Bertz CT molecular complexity index is 844. The molecule has 2 heterocycles. The fourth-order valence-corrected chi connectivity index (χ4v) is 4.67. The van der Waals surface area contributed by atoms with Crippen molar-refractivity contribution in [3.05, 3.63) is 47.2 Å². The van der Waals surface area contributed by atoms with E-state index < -0.39 is 11.6 Å². The minimum absolute atomic E-state index is 0.487. The lowest BCUT2D eigenvalue weighted by Gasteiger charge is -2.36. The van der Waals surface area contributed by atoms with E-state index in [9.17, 15) is 8.78 Å². The topological polar surface area (TPSA) is 19.4 Å². The van der Waals surface area contributed by atoms with Crippen LogP contribution >= 0.6 is 0 Å². The molecule has 2 aliphatic rings. The summed E-state index contributed by atoms with van der Waals surface area (Å²) in [6, 6.07) is 5.99. The van der Waals surface area contributed by atoms with Gasteiger partial charge in [0.15, 0.2) is 0 Å². The fraction of sp³-hybridized carbons (Fsp3) is 0.542. The third kappa shape index (κ3) is 4.61. The third-order valence-electron chi connectivity index (χ3n) is 6.24. The second-order valence-electron chi connectivity index (χ2n) is 8.32. The summed E-state index contributed by atoms with van der Waals surface area (Å²) in [4.78, 5) is 9.87. The molecule has 156 valence electrons. The predicted octanol–water partition coefficient (Wildman–Crippen LogP) is 5.22. The molecule has 0 atom stereocenters. The summed E-state index contributed by atoms with van der Waals surface area (Å²) >= 11 is 0. The van der Waals surface area contributed by atoms with Crippen LogP contribution in [0.2, 0.25) is 0 Å². The van der Waals surface area contributed by atoms with Crippen LogP contribution in [-0.4, -0.2) is 42.6 Å². The van der Waals surface area contributed by atoms with Gasteiger partial charge in [-0.3, -0.25) is 4.90 Å². The minimum atomic E-state index is -0.532. The third-order valence-corrected chi connectivity index (χ3v) is 6.24. The minimum Gasteiger partial charge on any atom is -0.354 e. The van der Waals surface area contributed by atoms with Crippen molar-refractivity contribution in [2.75, 3.05) is 37.6 Å². The van der Waals surface area contributed by atoms with Crippen molar-refractivity contribution >= 4 is 5.82 Å². The van der Waals surface area contributed by atoms with E-state index >= 15 is 0 Å². The molecule has 0 bridgehead atoms. The van der Waals surface area contributed by atoms with Crippen molar-refractivity contribution in [1.29, 1.82) is 0 Å². The summed E-state index contributed by atoms with van der Waals surface area (Å²) in [6.07, 6.45) is 7.67. The number of nitrogens with zero attached hydrogens (tertiary/aromatic N) is 3. The first kappa shape index (κ1) is 20.3. The highest BCUT2D eigenvalue weighted by Gasteiger charge is 2.22. The highest BCUT2D eigenvalue weighted by Crippen LogP contribution is 2.34. The molecule has 0 unspecified atom stereocenters. The Hall–Kier alpha value is -2.01. The van der Waals surface area contributed by atoms with Crippen LogP contribution in [-0.2, 0) is 12.8 Å². The maximum Gasteiger partial charge on any atom is 0.133 e. The molecule has 0 amide bonds. The molecule has 5 heteroatoms. The van der Waals surface area contributed by atoms with E-state index in [-0.39, 0.29) is 0 Å². The Morgan fingerprint density at radius 2 is 1.66 bits per heavy atom. The molecule has 1 fully saturated rings. The van der Waals surface area contributed by atoms with Crippen molar-refractivity contribution in [2.45, 2.75) is 51.9 Å². The largest absolute Gasteiger partial charge is 0.354 e. The van der Waals surface area contributed by atoms with Gasteiger partial charge in [-0.1, -0.05) is 19.8 Å². The molecule has 0 radical (unpaired) electrons. The maximum atomic E-state index is 14.7. The lowest BCUT2D eigenvalue weighted by atomic mass is 9.90. The van der Waals surface area contributed by atoms with Crippen LogP contribution in [0.4, 0.5) is 14.6 Å². The number of halogens is 2. The van der Waals surface area contributed by atoms with Gasteiger partial charge < -0.3 is 4.90 Å². The van der Waals surface area contributed by atoms with E-state index in [2.05, 4.69) is 16.7 Å². The number of hydrogen-bond donors (Lipinski definition) is 0. The number of anilines is 1. The van der Waals surface area contributed by atoms with Crippen LogP contribution < -0.4 is 4.90 Å². The first-order chi connectivity index (χ1) is 14.2. The highest BCUT2D eigenvalue weighted by molar-refractivity contribution is 5.72. The zero-order valence-corrected chi connectivity index (χ0v) is 17.4. The highest BCUT2D eigenvalue weighted by atomic mass is 19.1. The molecular formula is C24H31F2N3. The number of benzene rings is 1. The predicted molar refractivity (Wildman–Crippen MR) is 114 cm³/mol. The molecule has 1 aromatic heterocycles. The van der Waals surface area contributed by atoms with Gasteiger partial charge in [0.25, 0.3) is 0 Å². The number of rotatable bonds is 4. The van der Waals surface area contributed by atoms with Crippen LogP contribution in [0, 0.1) is 11.6 Å². The van der Waals surface area contributed by atoms with E-state index in [4.69, 9.17) is 4.98 Å². The van der Waals surface area contributed by atoms with Gasteiger partial charge in [-0.2, -0.15) is 0 Å². The van der Waals surface area contributed by atoms with Crippen LogP contribution in [0.25, 0.3) is 11.1 Å². The molecule has 2 aromatic rings. The van der Waals surface area contributed by atoms with Gasteiger partial charge in [-0.15, -0.1) is 0 Å². The standard InChI is InChI=1S/C24H31F2N3/c1-2-11-28-12-14-29(15-13-28)24-17-21(19-10-9-18(25)16-22(19)26)20-7-5-3-4-6-8-23(20)27-24/h9-10,16-17H,2-8,11-15H2,1H3. The summed E-state index contributed by atoms with van der Waals surface area (Å²) in [5, 5.41) is 0. The zero-order valence-electron chi connectivity index (χ0n) is 17.4. The second kappa shape index (κ2) is 9.21. The van der Waals surface area contributed by atoms with Crippen molar-refractivity contribution in [1.82, 2.24) is 9.88 Å². The van der Waals surface area contributed by atoms with E-state index in [1.54, 1.807) is 6.07 Å². The molecule has 1 aliphatic heterocycles. The molecule has 4 rings (SSSR count). The van der Waals surface area contributed by atoms with Gasteiger partial charge in [0.1, 0.15) is 17.5 Å². The first-order valence-corrected chi connectivity index (χ1v) is 11.1. The Morgan fingerprint density at radius 1 is 0.897 bits per heavy atom. The Kier molecular flexibility index (Phi) is 6.43. The molecule has 1 aromatic carbocycles. The number of pyridine rings is 1. The van der Waals surface area contributed by atoms with Crippen LogP contribution in [0.5, 0.6) is 0 Å². The quantitative estimate of drug-likeness (QED) is 0.703. The second-order valence-corrected chi connectivity index (χ2v) is 8.32. The molecule has 0 saturated carbocycles. The summed E-state index contributed by atoms with van der Waals surface area (Å²) in [6.45, 7) is 7.30. The van der Waals surface area contributed by atoms with E-state index in [1.165, 1.54) is 25.3 Å². The van der Waals surface area contributed by atoms with Crippen molar-refractivity contribution in [2.24, 2.45) is 0 Å². The molecule has 3 nitrogen and oxygen atoms in total. The van der Waals surface area contributed by atoms with Crippen molar-refractivity contribution < 1.29 is 8.78 Å². The SMILES string of the molecule is CCCN1CCN(c2cc(-c3ccc(F)cc3F)c3c(n2)CCCCCC3)CC1. The Balaban J connectivity index is 1.72. The average Bonchev–Trinajstić information content (AvgIpc) is 2.69. The van der Waals surface area contributed by atoms with Crippen LogP contribution in [0.15, 0.2) is 24.3 Å². The summed E-state index contributed by atoms with van der Waals surface area (Å²) < 4.78 is 28.2. The summed E-state index contributed by atoms with van der Waals surface area (Å²) in [5.74, 6) is -0.0752. The average molecular weight is 400 g/mol. The number of aromatic nitrogens is 1. The first-order valence-electron chi connectivity index (χ1n) is 11.1. The molecule has 1 aliphatic carbocycles. The Morgan fingerprint density at radius 3 is 2.38 bits per heavy atom. The van der Waals surface area contributed by atoms with E-state index in [1.807, 2.05) is 6.07 Å². The van der Waals surface area contributed by atoms with Gasteiger partial charge in [-0.25, -0.2) is 13.8 Å². The zero-order chi connectivity index (χ0) is 20.2. The molecule has 0 spiro atoms. The smallest absolute Gasteiger partial charge is 0.133 e. The van der Waals surface area contributed by atoms with Gasteiger partial charge >= 0.3 is 0 Å². The molecule has 1 saturated heterocycles. The monoisotopic (exact) mass is 399 g/mol. The summed E-state index contributed by atoms with van der Waals surface area (Å²) in [5.41, 5.74) is 3.66. The van der Waals surface area contributed by atoms with E-state index in [0.29, 0.717) is 5.56 Å². The summed E-state index contributed by atoms with van der Waals surface area (Å²) in [7, 11) is 0. The van der Waals surface area contributed by atoms with Gasteiger partial charge in [0.2, 0.25) is 0 Å². The number of fused-ring (bicyclic) bond motifs is 1. The molecule has 0 N–H and O–H groups in total. The van der Waals surface area contributed by atoms with Crippen molar-refractivity contribution in [3.8, 4) is 11.1 Å². The Labute approximate surface area is 172 Å². The molecule has 29 heavy (non-hydrogen) atoms. The lowest BCUT2D eigenvalue weighted by molar-refractivity contribution is 0.258. The van der Waals surface area contributed by atoms with Crippen LogP contribution in [0.1, 0.15) is 50.3 Å². The van der Waals surface area contributed by atoms with E-state index in [0.717, 1.165) is 87.1 Å². The normalized spacial score (nSPS) is 18.2. The van der Waals surface area contributed by atoms with Crippen molar-refractivity contribution in [3.63, 3.8) is 0 Å². The van der Waals surface area contributed by atoms with Gasteiger partial charge in [-0.05, 0) is 68.0 Å². The number of hydrogen-bond acceptors (Lipinski definition) is 3. The van der Waals surface area contributed by atoms with Crippen LogP contribution in [0.3, 0.4) is 0 Å². The lowest BCUT2D eigenvalue weighted by Crippen LogP contribution is -2.46. The maximum absolute atomic E-state index is 14.7. The number of aryl methyl sites for hydroxylation is 1.